The summed E-state index contributed by atoms with van der Waals surface area (Å²) in [5.74, 6) is 6.15. The monoisotopic (exact) mass is 267 g/mol. The Hall–Kier alpha value is -2.92. The minimum absolute atomic E-state index is 0.103. The SMILES string of the molecule is C#CCOc1nc(-c2ccccc2OC)n(CC#C)n1. The summed E-state index contributed by atoms with van der Waals surface area (Å²) < 4.78 is 12.1. The van der Waals surface area contributed by atoms with Gasteiger partial charge in [0.2, 0.25) is 0 Å². The first kappa shape index (κ1) is 13.5. The number of benzene rings is 1. The molecule has 0 spiro atoms. The number of methoxy groups -OCH3 is 1. The van der Waals surface area contributed by atoms with E-state index in [4.69, 9.17) is 22.3 Å². The van der Waals surface area contributed by atoms with E-state index in [0.717, 1.165) is 5.56 Å². The van der Waals surface area contributed by atoms with Gasteiger partial charge in [0, 0.05) is 0 Å². The van der Waals surface area contributed by atoms with Crippen LogP contribution in [0.1, 0.15) is 0 Å². The number of rotatable bonds is 5. The Morgan fingerprint density at radius 2 is 2.05 bits per heavy atom. The molecule has 0 aliphatic rings. The van der Waals surface area contributed by atoms with Crippen molar-refractivity contribution in [1.29, 1.82) is 0 Å². The highest BCUT2D eigenvalue weighted by Crippen LogP contribution is 2.29. The molecular weight excluding hydrogens is 254 g/mol. The van der Waals surface area contributed by atoms with Crippen molar-refractivity contribution in [2.24, 2.45) is 0 Å². The van der Waals surface area contributed by atoms with Crippen LogP contribution in [0.3, 0.4) is 0 Å². The lowest BCUT2D eigenvalue weighted by molar-refractivity contribution is 0.338. The van der Waals surface area contributed by atoms with Gasteiger partial charge in [-0.1, -0.05) is 24.0 Å². The lowest BCUT2D eigenvalue weighted by atomic mass is 10.2. The van der Waals surface area contributed by atoms with Crippen LogP contribution in [0.2, 0.25) is 0 Å². The van der Waals surface area contributed by atoms with Gasteiger partial charge in [0.1, 0.15) is 12.3 Å². The normalized spacial score (nSPS) is 9.55. The Morgan fingerprint density at radius 1 is 1.25 bits per heavy atom. The highest BCUT2D eigenvalue weighted by atomic mass is 16.5. The Bertz CT molecular complexity index is 677. The van der Waals surface area contributed by atoms with Gasteiger partial charge in [0.25, 0.3) is 0 Å². The average Bonchev–Trinajstić information content (AvgIpc) is 2.88. The summed E-state index contributed by atoms with van der Waals surface area (Å²) in [5, 5.41) is 4.18. The molecule has 0 aliphatic heterocycles. The number of hydrogen-bond donors (Lipinski definition) is 0. The van der Waals surface area contributed by atoms with Gasteiger partial charge in [-0.2, -0.15) is 4.98 Å². The molecule has 0 unspecified atom stereocenters. The van der Waals surface area contributed by atoms with Gasteiger partial charge in [-0.05, 0) is 12.1 Å². The van der Waals surface area contributed by atoms with E-state index in [9.17, 15) is 0 Å². The smallest absolute Gasteiger partial charge is 0.337 e. The lowest BCUT2D eigenvalue weighted by Gasteiger charge is -2.07. The van der Waals surface area contributed by atoms with E-state index < -0.39 is 0 Å². The van der Waals surface area contributed by atoms with E-state index in [0.29, 0.717) is 11.6 Å². The molecule has 100 valence electrons. The fourth-order valence-electron chi connectivity index (χ4n) is 1.71. The van der Waals surface area contributed by atoms with Crippen LogP contribution < -0.4 is 9.47 Å². The fraction of sp³-hybridized carbons (Fsp3) is 0.200. The number of aromatic nitrogens is 3. The summed E-state index contributed by atoms with van der Waals surface area (Å²) in [6.45, 7) is 0.380. The molecule has 2 rings (SSSR count). The van der Waals surface area contributed by atoms with Crippen LogP contribution in [-0.4, -0.2) is 28.5 Å². The first-order valence-electron chi connectivity index (χ1n) is 5.88. The van der Waals surface area contributed by atoms with E-state index in [-0.39, 0.29) is 19.2 Å². The van der Waals surface area contributed by atoms with Crippen LogP contribution in [0.4, 0.5) is 0 Å². The molecule has 0 saturated heterocycles. The van der Waals surface area contributed by atoms with Crippen LogP contribution >= 0.6 is 0 Å². The average molecular weight is 267 g/mol. The number of para-hydroxylation sites is 1. The second kappa shape index (κ2) is 6.31. The van der Waals surface area contributed by atoms with Crippen LogP contribution in [0, 0.1) is 24.7 Å². The molecule has 0 aliphatic carbocycles. The molecule has 5 nitrogen and oxygen atoms in total. The van der Waals surface area contributed by atoms with E-state index in [1.165, 1.54) is 0 Å². The predicted octanol–water partition coefficient (Wildman–Crippen LogP) is 1.60. The van der Waals surface area contributed by atoms with Gasteiger partial charge in [-0.3, -0.25) is 0 Å². The maximum atomic E-state index is 5.34. The van der Waals surface area contributed by atoms with Gasteiger partial charge < -0.3 is 9.47 Å². The molecule has 0 radical (unpaired) electrons. The zero-order valence-electron chi connectivity index (χ0n) is 11.0. The lowest BCUT2D eigenvalue weighted by Crippen LogP contribution is -2.02. The third kappa shape index (κ3) is 2.73. The molecule has 1 aromatic heterocycles. The van der Waals surface area contributed by atoms with Crippen LogP contribution in [0.25, 0.3) is 11.4 Å². The Kier molecular flexibility index (Phi) is 4.26. The van der Waals surface area contributed by atoms with E-state index >= 15 is 0 Å². The second-order valence-electron chi connectivity index (χ2n) is 3.77. The second-order valence-corrected chi connectivity index (χ2v) is 3.77. The number of ether oxygens (including phenoxy) is 2. The molecule has 1 heterocycles. The minimum Gasteiger partial charge on any atom is -0.496 e. The topological polar surface area (TPSA) is 49.2 Å². The number of nitrogens with zero attached hydrogens (tertiary/aromatic N) is 3. The van der Waals surface area contributed by atoms with Gasteiger partial charge in [-0.25, -0.2) is 4.68 Å². The molecule has 2 aromatic rings. The first-order valence-corrected chi connectivity index (χ1v) is 5.88. The highest BCUT2D eigenvalue weighted by Gasteiger charge is 2.15. The molecule has 20 heavy (non-hydrogen) atoms. The maximum absolute atomic E-state index is 5.34. The Morgan fingerprint density at radius 3 is 2.75 bits per heavy atom. The van der Waals surface area contributed by atoms with Crippen LogP contribution in [0.15, 0.2) is 24.3 Å². The molecule has 1 aromatic carbocycles. The van der Waals surface area contributed by atoms with E-state index in [2.05, 4.69) is 21.9 Å². The van der Waals surface area contributed by atoms with Gasteiger partial charge in [-0.15, -0.1) is 17.9 Å². The van der Waals surface area contributed by atoms with Crippen molar-refractivity contribution in [1.82, 2.24) is 14.8 Å². The standard InChI is InChI=1S/C15H13N3O2/c1-4-10-18-14(16-15(17-18)20-11-5-2)12-8-6-7-9-13(12)19-3/h1-2,6-9H,10-11H2,3H3. The molecular formula is C15H13N3O2. The molecule has 0 amide bonds. The minimum atomic E-state index is 0.103. The molecule has 0 saturated carbocycles. The van der Waals surface area contributed by atoms with Gasteiger partial charge in [0.15, 0.2) is 12.4 Å². The van der Waals surface area contributed by atoms with Crippen LogP contribution in [-0.2, 0) is 6.54 Å². The molecule has 5 heteroatoms. The summed E-state index contributed by atoms with van der Waals surface area (Å²) >= 11 is 0. The number of hydrogen-bond acceptors (Lipinski definition) is 4. The summed E-state index contributed by atoms with van der Waals surface area (Å²) in [6.07, 6.45) is 10.5. The Balaban J connectivity index is 2.46. The molecule has 0 N–H and O–H groups in total. The highest BCUT2D eigenvalue weighted by molar-refractivity contribution is 5.64. The summed E-state index contributed by atoms with van der Waals surface area (Å²) in [5.41, 5.74) is 0.785. The third-order valence-electron chi connectivity index (χ3n) is 2.53. The largest absolute Gasteiger partial charge is 0.496 e. The van der Waals surface area contributed by atoms with Gasteiger partial charge >= 0.3 is 6.01 Å². The third-order valence-corrected chi connectivity index (χ3v) is 2.53. The molecule has 0 fully saturated rings. The summed E-state index contributed by atoms with van der Waals surface area (Å²) in [4.78, 5) is 4.30. The summed E-state index contributed by atoms with van der Waals surface area (Å²) in [7, 11) is 1.59. The maximum Gasteiger partial charge on any atom is 0.337 e. The van der Waals surface area contributed by atoms with E-state index in [1.54, 1.807) is 11.8 Å². The number of terminal acetylenes is 2. The zero-order chi connectivity index (χ0) is 14.4. The van der Waals surface area contributed by atoms with Crippen molar-refractivity contribution in [3.8, 4) is 47.8 Å². The van der Waals surface area contributed by atoms with Crippen LogP contribution in [0.5, 0.6) is 11.8 Å². The van der Waals surface area contributed by atoms with Gasteiger partial charge in [0.05, 0.1) is 12.7 Å². The molecule has 0 atom stereocenters. The first-order chi connectivity index (χ1) is 9.80. The Labute approximate surface area is 117 Å². The summed E-state index contributed by atoms with van der Waals surface area (Å²) in [6, 6.07) is 7.67. The van der Waals surface area contributed by atoms with Crippen molar-refractivity contribution in [3.63, 3.8) is 0 Å². The predicted molar refractivity (Wildman–Crippen MR) is 75.2 cm³/mol. The van der Waals surface area contributed by atoms with Crippen molar-refractivity contribution < 1.29 is 9.47 Å². The van der Waals surface area contributed by atoms with Crippen molar-refractivity contribution >= 4 is 0 Å². The molecule has 0 bridgehead atoms. The fourth-order valence-corrected chi connectivity index (χ4v) is 1.71. The van der Waals surface area contributed by atoms with E-state index in [1.807, 2.05) is 24.3 Å². The van der Waals surface area contributed by atoms with Crippen molar-refractivity contribution in [3.05, 3.63) is 24.3 Å². The van der Waals surface area contributed by atoms with Crippen molar-refractivity contribution in [2.45, 2.75) is 6.54 Å². The van der Waals surface area contributed by atoms with Crippen molar-refractivity contribution in [2.75, 3.05) is 13.7 Å². The zero-order valence-corrected chi connectivity index (χ0v) is 11.0. The quantitative estimate of drug-likeness (QED) is 0.772.